The average Bonchev–Trinajstić information content (AvgIpc) is 3.10. The number of thioether (sulfide) groups is 1. The molecule has 0 N–H and O–H groups in total. The first kappa shape index (κ1) is 20.1. The van der Waals surface area contributed by atoms with Crippen molar-refractivity contribution in [2.75, 3.05) is 32.1 Å². The first-order valence-corrected chi connectivity index (χ1v) is 11.4. The van der Waals surface area contributed by atoms with Crippen LogP contribution >= 0.6 is 11.8 Å². The molecule has 0 atom stereocenters. The number of nitrogens with zero attached hydrogens (tertiary/aromatic N) is 4. The van der Waals surface area contributed by atoms with Crippen LogP contribution in [0.25, 0.3) is 11.4 Å². The molecule has 1 aromatic heterocycles. The van der Waals surface area contributed by atoms with Gasteiger partial charge in [-0.05, 0) is 18.6 Å². The Balaban J connectivity index is 1.96. The molecule has 1 saturated heterocycles. The molecule has 0 unspecified atom stereocenters. The fourth-order valence-electron chi connectivity index (χ4n) is 2.83. The fraction of sp³-hybridized carbons (Fsp3) is 0.444. The molecule has 0 bridgehead atoms. The van der Waals surface area contributed by atoms with E-state index in [1.165, 1.54) is 4.31 Å². The maximum atomic E-state index is 12.9. The summed E-state index contributed by atoms with van der Waals surface area (Å²) in [6, 6.07) is 6.89. The summed E-state index contributed by atoms with van der Waals surface area (Å²) in [5, 5.41) is 9.40. The second-order valence-electron chi connectivity index (χ2n) is 6.10. The molecular weight excluding hydrogens is 384 g/mol. The van der Waals surface area contributed by atoms with Crippen molar-refractivity contribution in [3.63, 3.8) is 0 Å². The maximum absolute atomic E-state index is 12.9. The highest BCUT2D eigenvalue weighted by Crippen LogP contribution is 2.27. The van der Waals surface area contributed by atoms with E-state index in [1.807, 2.05) is 10.6 Å². The molecule has 0 saturated carbocycles. The summed E-state index contributed by atoms with van der Waals surface area (Å²) in [7, 11) is -3.55. The van der Waals surface area contributed by atoms with E-state index < -0.39 is 10.0 Å². The van der Waals surface area contributed by atoms with Crippen molar-refractivity contribution in [2.24, 2.45) is 0 Å². The van der Waals surface area contributed by atoms with Crippen molar-refractivity contribution in [1.82, 2.24) is 19.1 Å². The van der Waals surface area contributed by atoms with Crippen LogP contribution in [0.1, 0.15) is 13.3 Å². The number of allylic oxidation sites excluding steroid dienone is 1. The molecule has 146 valence electrons. The van der Waals surface area contributed by atoms with Crippen molar-refractivity contribution in [3.8, 4) is 11.4 Å². The predicted molar refractivity (Wildman–Crippen MR) is 106 cm³/mol. The van der Waals surface area contributed by atoms with Crippen LogP contribution in [-0.2, 0) is 21.3 Å². The molecule has 2 aromatic rings. The lowest BCUT2D eigenvalue weighted by Gasteiger charge is -2.26. The van der Waals surface area contributed by atoms with E-state index in [1.54, 1.807) is 36.0 Å². The van der Waals surface area contributed by atoms with Crippen molar-refractivity contribution in [1.29, 1.82) is 0 Å². The molecule has 1 fully saturated rings. The summed E-state index contributed by atoms with van der Waals surface area (Å²) >= 11 is 1.64. The van der Waals surface area contributed by atoms with Gasteiger partial charge in [0.05, 0.1) is 18.1 Å². The first-order valence-electron chi connectivity index (χ1n) is 8.93. The maximum Gasteiger partial charge on any atom is 0.243 e. The van der Waals surface area contributed by atoms with Crippen LogP contribution in [0, 0.1) is 0 Å². The van der Waals surface area contributed by atoms with Crippen molar-refractivity contribution < 1.29 is 13.2 Å². The highest BCUT2D eigenvalue weighted by molar-refractivity contribution is 7.99. The van der Waals surface area contributed by atoms with Gasteiger partial charge in [-0.15, -0.1) is 16.8 Å². The van der Waals surface area contributed by atoms with E-state index in [2.05, 4.69) is 23.7 Å². The third-order valence-electron chi connectivity index (χ3n) is 4.16. The number of ether oxygens (including phenoxy) is 1. The van der Waals surface area contributed by atoms with Crippen molar-refractivity contribution in [3.05, 3.63) is 36.9 Å². The van der Waals surface area contributed by atoms with Gasteiger partial charge in [0.25, 0.3) is 0 Å². The van der Waals surface area contributed by atoms with E-state index in [4.69, 9.17) is 4.74 Å². The zero-order chi connectivity index (χ0) is 19.3. The lowest BCUT2D eigenvalue weighted by atomic mass is 10.2. The van der Waals surface area contributed by atoms with E-state index in [0.29, 0.717) is 38.7 Å². The molecule has 7 nitrogen and oxygen atoms in total. The Labute approximate surface area is 164 Å². The molecule has 0 amide bonds. The summed E-state index contributed by atoms with van der Waals surface area (Å²) in [4.78, 5) is 0.262. The summed E-state index contributed by atoms with van der Waals surface area (Å²) in [5.74, 6) is 1.59. The number of sulfonamides is 1. The molecule has 1 aliphatic rings. The van der Waals surface area contributed by atoms with E-state index in [-0.39, 0.29) is 4.90 Å². The summed E-state index contributed by atoms with van der Waals surface area (Å²) in [6.45, 7) is 8.07. The number of hydrogen-bond acceptors (Lipinski definition) is 6. The topological polar surface area (TPSA) is 77.3 Å². The van der Waals surface area contributed by atoms with Gasteiger partial charge in [0.1, 0.15) is 0 Å². The van der Waals surface area contributed by atoms with Crippen LogP contribution in [-0.4, -0.2) is 59.5 Å². The van der Waals surface area contributed by atoms with Gasteiger partial charge in [-0.2, -0.15) is 4.31 Å². The van der Waals surface area contributed by atoms with Crippen molar-refractivity contribution >= 4 is 21.8 Å². The molecule has 0 spiro atoms. The summed E-state index contributed by atoms with van der Waals surface area (Å²) < 4.78 is 34.6. The number of morpholine rings is 1. The highest BCUT2D eigenvalue weighted by atomic mass is 32.2. The summed E-state index contributed by atoms with van der Waals surface area (Å²) in [6.07, 6.45) is 2.82. The predicted octanol–water partition coefficient (Wildman–Crippen LogP) is 2.65. The zero-order valence-corrected chi connectivity index (χ0v) is 17.0. The molecule has 0 radical (unpaired) electrons. The smallest absolute Gasteiger partial charge is 0.243 e. The lowest BCUT2D eigenvalue weighted by molar-refractivity contribution is 0.0730. The number of rotatable bonds is 8. The Bertz CT molecular complexity index is 890. The minimum Gasteiger partial charge on any atom is -0.379 e. The van der Waals surface area contributed by atoms with Crippen LogP contribution < -0.4 is 0 Å². The Kier molecular flexibility index (Phi) is 6.69. The van der Waals surface area contributed by atoms with E-state index in [0.717, 1.165) is 22.9 Å². The lowest BCUT2D eigenvalue weighted by Crippen LogP contribution is -2.40. The molecule has 3 rings (SSSR count). The Morgan fingerprint density at radius 1 is 1.30 bits per heavy atom. The van der Waals surface area contributed by atoms with Gasteiger partial charge in [0.2, 0.25) is 10.0 Å². The molecule has 9 heteroatoms. The van der Waals surface area contributed by atoms with Gasteiger partial charge in [0, 0.05) is 31.0 Å². The standard InChI is InChI=1S/C18H24N4O3S2/c1-3-8-22-17(19-20-18(22)26-13-4-2)15-6-5-7-16(14-15)27(23,24)21-9-11-25-12-10-21/h3,5-7,14H,1,4,8-13H2,2H3. The number of hydrogen-bond donors (Lipinski definition) is 0. The van der Waals surface area contributed by atoms with Crippen LogP contribution in [0.5, 0.6) is 0 Å². The third-order valence-corrected chi connectivity index (χ3v) is 7.23. The number of aromatic nitrogens is 3. The van der Waals surface area contributed by atoms with E-state index >= 15 is 0 Å². The van der Waals surface area contributed by atoms with Gasteiger partial charge >= 0.3 is 0 Å². The minimum atomic E-state index is -3.55. The molecule has 1 aliphatic heterocycles. The van der Waals surface area contributed by atoms with Crippen molar-refractivity contribution in [2.45, 2.75) is 29.9 Å². The van der Waals surface area contributed by atoms with Gasteiger partial charge in [-0.3, -0.25) is 4.57 Å². The van der Waals surface area contributed by atoms with Crippen LogP contribution in [0.15, 0.2) is 47.0 Å². The normalized spacial score (nSPS) is 15.7. The fourth-order valence-corrected chi connectivity index (χ4v) is 5.08. The first-order chi connectivity index (χ1) is 13.1. The minimum absolute atomic E-state index is 0.262. The Hall–Kier alpha value is -1.68. The molecular formula is C18H24N4O3S2. The molecule has 0 aliphatic carbocycles. The SMILES string of the molecule is C=CCn1c(SCCC)nnc1-c1cccc(S(=O)(=O)N2CCOCC2)c1. The van der Waals surface area contributed by atoms with Gasteiger partial charge in [-0.25, -0.2) is 8.42 Å². The summed E-state index contributed by atoms with van der Waals surface area (Å²) in [5.41, 5.74) is 0.724. The van der Waals surface area contributed by atoms with Crippen LogP contribution in [0.3, 0.4) is 0 Å². The highest BCUT2D eigenvalue weighted by Gasteiger charge is 2.27. The van der Waals surface area contributed by atoms with Gasteiger partial charge in [-0.1, -0.05) is 36.9 Å². The molecule has 27 heavy (non-hydrogen) atoms. The quantitative estimate of drug-likeness (QED) is 0.494. The average molecular weight is 409 g/mol. The van der Waals surface area contributed by atoms with E-state index in [9.17, 15) is 8.42 Å². The zero-order valence-electron chi connectivity index (χ0n) is 15.4. The van der Waals surface area contributed by atoms with Crippen LogP contribution in [0.4, 0.5) is 0 Å². The second kappa shape index (κ2) is 9.01. The molecule has 2 heterocycles. The monoisotopic (exact) mass is 408 g/mol. The van der Waals surface area contributed by atoms with Gasteiger partial charge < -0.3 is 4.74 Å². The van der Waals surface area contributed by atoms with Crippen LogP contribution in [0.2, 0.25) is 0 Å². The Morgan fingerprint density at radius 3 is 2.78 bits per heavy atom. The number of benzene rings is 1. The third kappa shape index (κ3) is 4.43. The molecule has 1 aromatic carbocycles. The van der Waals surface area contributed by atoms with Gasteiger partial charge in [0.15, 0.2) is 11.0 Å². The largest absolute Gasteiger partial charge is 0.379 e. The Morgan fingerprint density at radius 2 is 2.07 bits per heavy atom. The second-order valence-corrected chi connectivity index (χ2v) is 9.10.